The minimum atomic E-state index is -0.255. The van der Waals surface area contributed by atoms with E-state index in [4.69, 9.17) is 5.73 Å². The second-order valence-corrected chi connectivity index (χ2v) is 6.96. The minimum Gasteiger partial charge on any atom is -0.368 e. The third-order valence-electron chi connectivity index (χ3n) is 4.10. The van der Waals surface area contributed by atoms with E-state index in [1.54, 1.807) is 18.3 Å². The summed E-state index contributed by atoms with van der Waals surface area (Å²) in [7, 11) is 0. The Bertz CT molecular complexity index is 866. The number of hydrogen-bond donors (Lipinski definition) is 1. The van der Waals surface area contributed by atoms with E-state index in [1.807, 2.05) is 18.3 Å². The van der Waals surface area contributed by atoms with E-state index in [0.29, 0.717) is 5.92 Å². The van der Waals surface area contributed by atoms with Crippen molar-refractivity contribution in [2.75, 3.05) is 23.7 Å². The quantitative estimate of drug-likeness (QED) is 0.726. The molecule has 1 aromatic carbocycles. The van der Waals surface area contributed by atoms with Crippen molar-refractivity contribution in [2.45, 2.75) is 15.8 Å². The summed E-state index contributed by atoms with van der Waals surface area (Å²) < 4.78 is 13.0. The number of nitrogens with two attached hydrogens (primary N) is 1. The number of rotatable bonds is 4. The summed E-state index contributed by atoms with van der Waals surface area (Å²) in [6.45, 7) is 1.76. The number of hydrogen-bond acceptors (Lipinski definition) is 6. The van der Waals surface area contributed by atoms with Crippen molar-refractivity contribution in [1.82, 2.24) is 15.0 Å². The fourth-order valence-electron chi connectivity index (χ4n) is 2.76. The van der Waals surface area contributed by atoms with E-state index < -0.39 is 0 Å². The molecule has 7 heteroatoms. The van der Waals surface area contributed by atoms with Crippen molar-refractivity contribution in [1.29, 1.82) is 0 Å². The number of aromatic nitrogens is 3. The Hall–Kier alpha value is -2.67. The van der Waals surface area contributed by atoms with Crippen LogP contribution in [0.4, 0.5) is 16.2 Å². The Kier molecular flexibility index (Phi) is 4.23. The molecule has 1 aliphatic rings. The molecule has 2 N–H and O–H groups in total. The maximum Gasteiger partial charge on any atom is 0.223 e. The van der Waals surface area contributed by atoms with E-state index in [-0.39, 0.29) is 11.8 Å². The first kappa shape index (κ1) is 15.8. The first-order chi connectivity index (χ1) is 12.2. The van der Waals surface area contributed by atoms with Crippen LogP contribution in [0.25, 0.3) is 0 Å². The van der Waals surface area contributed by atoms with Crippen LogP contribution < -0.4 is 10.6 Å². The predicted octanol–water partition coefficient (Wildman–Crippen LogP) is 3.35. The summed E-state index contributed by atoms with van der Waals surface area (Å²) in [5.41, 5.74) is 7.10. The van der Waals surface area contributed by atoms with E-state index in [1.165, 1.54) is 29.5 Å². The molecule has 0 radical (unpaired) electrons. The lowest BCUT2D eigenvalue weighted by Gasteiger charge is -2.40. The molecule has 3 aromatic rings. The molecule has 0 atom stereocenters. The van der Waals surface area contributed by atoms with Gasteiger partial charge in [-0.2, -0.15) is 4.98 Å². The number of nitrogens with zero attached hydrogens (tertiary/aromatic N) is 4. The van der Waals surface area contributed by atoms with Gasteiger partial charge in [0.05, 0.1) is 0 Å². The van der Waals surface area contributed by atoms with Crippen LogP contribution in [0.1, 0.15) is 11.5 Å². The van der Waals surface area contributed by atoms with Crippen molar-refractivity contribution in [3.05, 3.63) is 66.2 Å². The summed E-state index contributed by atoms with van der Waals surface area (Å²) >= 11 is 1.44. The van der Waals surface area contributed by atoms with Crippen LogP contribution in [-0.2, 0) is 0 Å². The lowest BCUT2D eigenvalue weighted by Crippen LogP contribution is -2.45. The lowest BCUT2D eigenvalue weighted by atomic mass is 9.93. The zero-order valence-corrected chi connectivity index (χ0v) is 14.2. The van der Waals surface area contributed by atoms with Crippen LogP contribution in [0.3, 0.4) is 0 Å². The van der Waals surface area contributed by atoms with Gasteiger partial charge in [0.15, 0.2) is 0 Å². The number of nitrogen functional groups attached to an aromatic ring is 1. The second-order valence-electron chi connectivity index (χ2n) is 5.87. The molecule has 0 bridgehead atoms. The molecule has 126 valence electrons. The number of anilines is 2. The molecule has 1 fully saturated rings. The third-order valence-corrected chi connectivity index (χ3v) is 5.03. The van der Waals surface area contributed by atoms with Crippen molar-refractivity contribution in [2.24, 2.45) is 0 Å². The summed E-state index contributed by atoms with van der Waals surface area (Å²) in [5.74, 6) is 1.26. The zero-order valence-electron chi connectivity index (χ0n) is 13.3. The standard InChI is InChI=1S/C18H16FN5S/c19-14-3-5-15(6-4-14)25-17-8-16(22-18(20)23-17)24-10-13(11-24)12-2-1-7-21-9-12/h1-9,13H,10-11H2,(H2,20,22,23). The molecule has 5 nitrogen and oxygen atoms in total. The summed E-state index contributed by atoms with van der Waals surface area (Å²) in [6, 6.07) is 12.3. The van der Waals surface area contributed by atoms with Crippen molar-refractivity contribution in [3.8, 4) is 0 Å². The van der Waals surface area contributed by atoms with Crippen molar-refractivity contribution in [3.63, 3.8) is 0 Å². The number of halogens is 1. The molecular formula is C18H16FN5S. The van der Waals surface area contributed by atoms with Crippen LogP contribution >= 0.6 is 11.8 Å². The van der Waals surface area contributed by atoms with E-state index in [9.17, 15) is 4.39 Å². The van der Waals surface area contributed by atoms with E-state index in [0.717, 1.165) is 28.8 Å². The third kappa shape index (κ3) is 3.56. The molecule has 0 amide bonds. The zero-order chi connectivity index (χ0) is 17.2. The molecule has 0 aliphatic carbocycles. The fourth-order valence-corrected chi connectivity index (χ4v) is 3.58. The molecule has 0 saturated carbocycles. The Morgan fingerprint density at radius 3 is 2.64 bits per heavy atom. The smallest absolute Gasteiger partial charge is 0.223 e. The predicted molar refractivity (Wildman–Crippen MR) is 96.2 cm³/mol. The Morgan fingerprint density at radius 1 is 1.12 bits per heavy atom. The van der Waals surface area contributed by atoms with Crippen molar-refractivity contribution < 1.29 is 4.39 Å². The van der Waals surface area contributed by atoms with Crippen LogP contribution in [0.15, 0.2) is 64.8 Å². The Labute approximate surface area is 149 Å². The minimum absolute atomic E-state index is 0.243. The maximum absolute atomic E-state index is 13.0. The molecule has 4 rings (SSSR count). The molecule has 3 heterocycles. The molecule has 25 heavy (non-hydrogen) atoms. The molecule has 2 aromatic heterocycles. The van der Waals surface area contributed by atoms with Gasteiger partial charge >= 0.3 is 0 Å². The van der Waals surface area contributed by atoms with Crippen LogP contribution in [0, 0.1) is 5.82 Å². The normalized spacial score (nSPS) is 14.4. The van der Waals surface area contributed by atoms with E-state index in [2.05, 4.69) is 25.9 Å². The first-order valence-corrected chi connectivity index (χ1v) is 8.72. The number of pyridine rings is 1. The average Bonchev–Trinajstić information content (AvgIpc) is 2.56. The molecule has 1 saturated heterocycles. The lowest BCUT2D eigenvalue weighted by molar-refractivity contribution is 0.518. The first-order valence-electron chi connectivity index (χ1n) is 7.90. The van der Waals surface area contributed by atoms with Gasteiger partial charge in [0.2, 0.25) is 5.95 Å². The van der Waals surface area contributed by atoms with Crippen molar-refractivity contribution >= 4 is 23.5 Å². The van der Waals surface area contributed by atoms with Gasteiger partial charge in [-0.05, 0) is 35.9 Å². The second kappa shape index (κ2) is 6.68. The fraction of sp³-hybridized carbons (Fsp3) is 0.167. The summed E-state index contributed by atoms with van der Waals surface area (Å²) in [6.07, 6.45) is 3.69. The monoisotopic (exact) mass is 353 g/mol. The van der Waals surface area contributed by atoms with Gasteiger partial charge in [0.25, 0.3) is 0 Å². The summed E-state index contributed by atoms with van der Waals surface area (Å²) in [4.78, 5) is 15.9. The molecule has 0 unspecified atom stereocenters. The van der Waals surface area contributed by atoms with Gasteiger partial charge in [-0.3, -0.25) is 4.98 Å². The van der Waals surface area contributed by atoms with Gasteiger partial charge in [-0.15, -0.1) is 0 Å². The van der Waals surface area contributed by atoms with Gasteiger partial charge in [-0.1, -0.05) is 17.8 Å². The highest BCUT2D eigenvalue weighted by Gasteiger charge is 2.29. The summed E-state index contributed by atoms with van der Waals surface area (Å²) in [5, 5.41) is 0.749. The Balaban J connectivity index is 1.48. The maximum atomic E-state index is 13.0. The van der Waals surface area contributed by atoms with Gasteiger partial charge in [0.1, 0.15) is 16.7 Å². The van der Waals surface area contributed by atoms with E-state index >= 15 is 0 Å². The van der Waals surface area contributed by atoms with Crippen LogP contribution in [0.5, 0.6) is 0 Å². The highest BCUT2D eigenvalue weighted by molar-refractivity contribution is 7.99. The van der Waals surface area contributed by atoms with Gasteiger partial charge in [0, 0.05) is 42.4 Å². The highest BCUT2D eigenvalue weighted by atomic mass is 32.2. The van der Waals surface area contributed by atoms with Crippen LogP contribution in [-0.4, -0.2) is 28.0 Å². The molecule has 1 aliphatic heterocycles. The average molecular weight is 353 g/mol. The topological polar surface area (TPSA) is 67.9 Å². The molecule has 0 spiro atoms. The van der Waals surface area contributed by atoms with Gasteiger partial charge in [-0.25, -0.2) is 9.37 Å². The largest absolute Gasteiger partial charge is 0.368 e. The SMILES string of the molecule is Nc1nc(Sc2ccc(F)cc2)cc(N2CC(c3cccnc3)C2)n1. The van der Waals surface area contributed by atoms with Gasteiger partial charge < -0.3 is 10.6 Å². The van der Waals surface area contributed by atoms with Crippen LogP contribution in [0.2, 0.25) is 0 Å². The Morgan fingerprint density at radius 2 is 1.92 bits per heavy atom. The number of benzene rings is 1. The molecular weight excluding hydrogens is 337 g/mol. The highest BCUT2D eigenvalue weighted by Crippen LogP contribution is 2.33.